The van der Waals surface area contributed by atoms with Gasteiger partial charge in [-0.25, -0.2) is 4.79 Å². The van der Waals surface area contributed by atoms with Gasteiger partial charge in [-0.05, 0) is 31.5 Å². The van der Waals surface area contributed by atoms with E-state index in [0.29, 0.717) is 18.1 Å². The van der Waals surface area contributed by atoms with Crippen molar-refractivity contribution in [2.45, 2.75) is 13.8 Å². The first-order valence-corrected chi connectivity index (χ1v) is 4.81. The van der Waals surface area contributed by atoms with Gasteiger partial charge in [0.15, 0.2) is 0 Å². The minimum Gasteiger partial charge on any atom is -0.354 e. The lowest BCUT2D eigenvalue weighted by Gasteiger charge is -2.03. The molecule has 2 aromatic heterocycles. The maximum absolute atomic E-state index is 11.6. The largest absolute Gasteiger partial charge is 0.356 e. The monoisotopic (exact) mass is 204 g/mol. The molecule has 2 heterocycles. The van der Waals surface area contributed by atoms with Crippen LogP contribution >= 0.6 is 0 Å². The fourth-order valence-electron chi connectivity index (χ4n) is 1.35. The first kappa shape index (κ1) is 9.64. The Morgan fingerprint density at radius 2 is 2.27 bits per heavy atom. The van der Waals surface area contributed by atoms with Crippen molar-refractivity contribution < 1.29 is 0 Å². The Hall–Kier alpha value is -1.91. The van der Waals surface area contributed by atoms with E-state index in [1.165, 1.54) is 4.40 Å². The SMILES string of the molecule is CCNc1nc(=O)n2ccc(C)cc2n1. The molecule has 1 N–H and O–H groups in total. The molecule has 2 rings (SSSR count). The van der Waals surface area contributed by atoms with Gasteiger partial charge in [0.1, 0.15) is 5.65 Å². The van der Waals surface area contributed by atoms with Crippen LogP contribution in [0.25, 0.3) is 5.65 Å². The van der Waals surface area contributed by atoms with Crippen molar-refractivity contribution in [2.75, 3.05) is 11.9 Å². The zero-order chi connectivity index (χ0) is 10.8. The second kappa shape index (κ2) is 3.68. The highest BCUT2D eigenvalue weighted by atomic mass is 16.1. The molecule has 0 radical (unpaired) electrons. The van der Waals surface area contributed by atoms with E-state index in [0.717, 1.165) is 5.56 Å². The molecule has 0 bridgehead atoms. The molecule has 0 unspecified atom stereocenters. The molecule has 0 aliphatic heterocycles. The summed E-state index contributed by atoms with van der Waals surface area (Å²) in [7, 11) is 0. The van der Waals surface area contributed by atoms with Crippen LogP contribution in [0, 0.1) is 6.92 Å². The van der Waals surface area contributed by atoms with Crippen molar-refractivity contribution in [1.82, 2.24) is 14.4 Å². The van der Waals surface area contributed by atoms with Crippen LogP contribution in [0.1, 0.15) is 12.5 Å². The first-order chi connectivity index (χ1) is 7.20. The van der Waals surface area contributed by atoms with Gasteiger partial charge in [-0.1, -0.05) is 0 Å². The minimum absolute atomic E-state index is 0.309. The summed E-state index contributed by atoms with van der Waals surface area (Å²) in [6, 6.07) is 3.70. The van der Waals surface area contributed by atoms with Crippen molar-refractivity contribution in [3.63, 3.8) is 0 Å². The maximum Gasteiger partial charge on any atom is 0.356 e. The second-order valence-electron chi connectivity index (χ2n) is 3.29. The van der Waals surface area contributed by atoms with E-state index in [2.05, 4.69) is 15.3 Å². The summed E-state index contributed by atoms with van der Waals surface area (Å²) >= 11 is 0. The summed E-state index contributed by atoms with van der Waals surface area (Å²) in [5, 5.41) is 2.92. The summed E-state index contributed by atoms with van der Waals surface area (Å²) in [4.78, 5) is 19.6. The third-order valence-corrected chi connectivity index (χ3v) is 2.05. The smallest absolute Gasteiger partial charge is 0.354 e. The Bertz CT molecular complexity index is 547. The van der Waals surface area contributed by atoms with Crippen molar-refractivity contribution in [3.8, 4) is 0 Å². The molecule has 0 saturated heterocycles. The molecule has 78 valence electrons. The Kier molecular flexibility index (Phi) is 2.37. The lowest BCUT2D eigenvalue weighted by Crippen LogP contribution is -2.20. The topological polar surface area (TPSA) is 59.3 Å². The van der Waals surface area contributed by atoms with Crippen molar-refractivity contribution >= 4 is 11.6 Å². The second-order valence-corrected chi connectivity index (χ2v) is 3.29. The molecule has 0 aromatic carbocycles. The van der Waals surface area contributed by atoms with Crippen LogP contribution in [-0.4, -0.2) is 20.9 Å². The molecule has 0 amide bonds. The summed E-state index contributed by atoms with van der Waals surface area (Å²) in [6.07, 6.45) is 1.68. The van der Waals surface area contributed by atoms with Crippen molar-refractivity contribution in [3.05, 3.63) is 34.4 Å². The molecule has 0 spiro atoms. The van der Waals surface area contributed by atoms with Crippen LogP contribution in [0.3, 0.4) is 0 Å². The standard InChI is InChI=1S/C10H12N4O/c1-3-11-9-12-8-6-7(2)4-5-14(8)10(15)13-9/h4-6H,3H2,1-2H3,(H,11,13,15). The van der Waals surface area contributed by atoms with Gasteiger partial charge in [0.05, 0.1) is 0 Å². The fourth-order valence-corrected chi connectivity index (χ4v) is 1.35. The average molecular weight is 204 g/mol. The van der Waals surface area contributed by atoms with Gasteiger partial charge in [0.25, 0.3) is 0 Å². The predicted octanol–water partition coefficient (Wildman–Crippen LogP) is 0.830. The number of aryl methyl sites for hydroxylation is 1. The van der Waals surface area contributed by atoms with Gasteiger partial charge in [-0.2, -0.15) is 9.97 Å². The highest BCUT2D eigenvalue weighted by molar-refractivity contribution is 5.44. The Morgan fingerprint density at radius 1 is 1.47 bits per heavy atom. The molecular weight excluding hydrogens is 192 g/mol. The van der Waals surface area contributed by atoms with Crippen LogP contribution in [0.15, 0.2) is 23.1 Å². The predicted molar refractivity (Wildman–Crippen MR) is 58.2 cm³/mol. The molecule has 0 atom stereocenters. The van der Waals surface area contributed by atoms with E-state index in [-0.39, 0.29) is 5.69 Å². The van der Waals surface area contributed by atoms with Gasteiger partial charge in [-0.3, -0.25) is 4.40 Å². The first-order valence-electron chi connectivity index (χ1n) is 4.81. The summed E-state index contributed by atoms with van der Waals surface area (Å²) in [5.41, 5.74) is 1.37. The number of aromatic nitrogens is 3. The van der Waals surface area contributed by atoms with Crippen LogP contribution in [0.4, 0.5) is 5.95 Å². The number of hydrogen-bond acceptors (Lipinski definition) is 4. The molecule has 0 aliphatic carbocycles. The quantitative estimate of drug-likeness (QED) is 0.787. The number of anilines is 1. The maximum atomic E-state index is 11.6. The Labute approximate surface area is 86.8 Å². The molecule has 5 heteroatoms. The zero-order valence-electron chi connectivity index (χ0n) is 8.69. The van der Waals surface area contributed by atoms with E-state index in [1.54, 1.807) is 6.20 Å². The Morgan fingerprint density at radius 3 is 3.00 bits per heavy atom. The molecule has 0 fully saturated rings. The summed E-state index contributed by atoms with van der Waals surface area (Å²) < 4.78 is 1.42. The van der Waals surface area contributed by atoms with Crippen molar-refractivity contribution in [2.24, 2.45) is 0 Å². The lowest BCUT2D eigenvalue weighted by atomic mass is 10.3. The van der Waals surface area contributed by atoms with Gasteiger partial charge < -0.3 is 5.32 Å². The minimum atomic E-state index is -0.309. The fraction of sp³-hybridized carbons (Fsp3) is 0.300. The molecule has 0 aliphatic rings. The number of fused-ring (bicyclic) bond motifs is 1. The molecule has 5 nitrogen and oxygen atoms in total. The highest BCUT2D eigenvalue weighted by Crippen LogP contribution is 2.03. The van der Waals surface area contributed by atoms with Crippen LogP contribution < -0.4 is 11.0 Å². The number of nitrogens with one attached hydrogen (secondary N) is 1. The number of pyridine rings is 1. The van der Waals surface area contributed by atoms with Crippen LogP contribution in [0.2, 0.25) is 0 Å². The van der Waals surface area contributed by atoms with Gasteiger partial charge in [0, 0.05) is 12.7 Å². The zero-order valence-corrected chi connectivity index (χ0v) is 8.69. The van der Waals surface area contributed by atoms with E-state index in [9.17, 15) is 4.79 Å². The molecule has 15 heavy (non-hydrogen) atoms. The van der Waals surface area contributed by atoms with Crippen LogP contribution in [0.5, 0.6) is 0 Å². The van der Waals surface area contributed by atoms with Crippen LogP contribution in [-0.2, 0) is 0 Å². The summed E-state index contributed by atoms with van der Waals surface area (Å²) in [6.45, 7) is 4.59. The highest BCUT2D eigenvalue weighted by Gasteiger charge is 2.02. The molecular formula is C10H12N4O. The number of hydrogen-bond donors (Lipinski definition) is 1. The average Bonchev–Trinajstić information content (AvgIpc) is 2.17. The number of rotatable bonds is 2. The third-order valence-electron chi connectivity index (χ3n) is 2.05. The number of nitrogens with zero attached hydrogens (tertiary/aromatic N) is 3. The van der Waals surface area contributed by atoms with E-state index in [1.807, 2.05) is 26.0 Å². The molecule has 2 aromatic rings. The van der Waals surface area contributed by atoms with Gasteiger partial charge in [-0.15, -0.1) is 0 Å². The van der Waals surface area contributed by atoms with Gasteiger partial charge in [0.2, 0.25) is 5.95 Å². The lowest BCUT2D eigenvalue weighted by molar-refractivity contribution is 0.931. The third kappa shape index (κ3) is 1.81. The van der Waals surface area contributed by atoms with E-state index >= 15 is 0 Å². The Balaban J connectivity index is 2.68. The van der Waals surface area contributed by atoms with Crippen molar-refractivity contribution in [1.29, 1.82) is 0 Å². The van der Waals surface area contributed by atoms with E-state index in [4.69, 9.17) is 0 Å². The molecule has 0 saturated carbocycles. The van der Waals surface area contributed by atoms with Gasteiger partial charge >= 0.3 is 5.69 Å². The van der Waals surface area contributed by atoms with E-state index < -0.39 is 0 Å². The normalized spacial score (nSPS) is 10.5. The summed E-state index contributed by atoms with van der Waals surface area (Å²) in [5.74, 6) is 0.383.